The molecule has 0 heterocycles. The first-order valence-electron chi connectivity index (χ1n) is 1.41. The van der Waals surface area contributed by atoms with Gasteiger partial charge in [-0.15, -0.1) is 36.7 Å². The minimum absolute atomic E-state index is 0. The zero-order valence-corrected chi connectivity index (χ0v) is 9.63. The Kier molecular flexibility index (Phi) is 132. The third-order valence-corrected chi connectivity index (χ3v) is 0. The van der Waals surface area contributed by atoms with E-state index in [9.17, 15) is 0 Å². The Morgan fingerprint density at radius 3 is 0.700 bits per heavy atom. The van der Waals surface area contributed by atoms with Crippen LogP contribution in [0.4, 0.5) is 0 Å². The topological polar surface area (TPSA) is 69.2 Å². The molecule has 0 atom stereocenters. The van der Waals surface area contributed by atoms with E-state index in [1.807, 2.05) is 0 Å². The Balaban J connectivity index is -0.0000000257. The monoisotopic (exact) mass is 252 g/mol. The van der Waals surface area contributed by atoms with Gasteiger partial charge in [0.1, 0.15) is 0 Å². The standard InChI is InChI=1S/3CH2OS.Ga/c3*2-1-3;/h3*1H,(H,2,3);/q;;;+3/p-3. The van der Waals surface area contributed by atoms with Crippen LogP contribution in [0.1, 0.15) is 0 Å². The van der Waals surface area contributed by atoms with Gasteiger partial charge in [-0.05, 0) is 0 Å². The van der Waals surface area contributed by atoms with Crippen LogP contribution >= 0.6 is 36.7 Å². The largest absolute Gasteiger partial charge is 3.00 e. The number of hydrogen-bond acceptors (Lipinski definition) is 6. The second-order valence-electron chi connectivity index (χ2n) is 0.289. The van der Waals surface area contributed by atoms with Gasteiger partial charge >= 0.3 is 19.8 Å². The summed E-state index contributed by atoms with van der Waals surface area (Å²) < 4.78 is 0. The van der Waals surface area contributed by atoms with E-state index in [-0.39, 0.29) is 19.8 Å². The van der Waals surface area contributed by atoms with Crippen LogP contribution in [0.15, 0.2) is 0 Å². The van der Waals surface area contributed by atoms with Gasteiger partial charge in [0.05, 0.1) is 0 Å². The molecule has 0 unspecified atom stereocenters. The van der Waals surface area contributed by atoms with Crippen LogP contribution in [0.5, 0.6) is 0 Å². The summed E-state index contributed by atoms with van der Waals surface area (Å²) >= 11 is 11.1. The second-order valence-corrected chi connectivity index (χ2v) is 0.866. The fourth-order valence-electron chi connectivity index (χ4n) is 0. The Morgan fingerprint density at radius 2 is 0.700 bits per heavy atom. The number of thiocarbonyl (C=S) groups is 3. The van der Waals surface area contributed by atoms with Crippen molar-refractivity contribution in [3.05, 3.63) is 0 Å². The van der Waals surface area contributed by atoms with Gasteiger partial charge < -0.3 is 15.3 Å². The molecule has 0 saturated carbocycles. The van der Waals surface area contributed by atoms with Crippen molar-refractivity contribution < 1.29 is 15.3 Å². The molecule has 10 heavy (non-hydrogen) atoms. The quantitative estimate of drug-likeness (QED) is 0.352. The minimum Gasteiger partial charge on any atom is -0.870 e. The van der Waals surface area contributed by atoms with E-state index < -0.39 is 0 Å². The van der Waals surface area contributed by atoms with Crippen LogP contribution in [0.2, 0.25) is 0 Å². The molecule has 0 aliphatic heterocycles. The summed E-state index contributed by atoms with van der Waals surface area (Å²) in [5.74, 6) is 0. The van der Waals surface area contributed by atoms with Crippen molar-refractivity contribution in [2.75, 3.05) is 0 Å². The van der Waals surface area contributed by atoms with Gasteiger partial charge in [-0.3, -0.25) is 0 Å². The van der Waals surface area contributed by atoms with Crippen LogP contribution < -0.4 is 15.3 Å². The van der Waals surface area contributed by atoms with Gasteiger partial charge in [-0.2, -0.15) is 0 Å². The molecule has 0 saturated heterocycles. The predicted octanol–water partition coefficient (Wildman–Crippen LogP) is -2.47. The Morgan fingerprint density at radius 1 is 0.700 bits per heavy atom. The molecule has 7 heteroatoms. The fourth-order valence-corrected chi connectivity index (χ4v) is 0. The molecule has 54 valence electrons. The van der Waals surface area contributed by atoms with E-state index in [0.717, 1.165) is 0 Å². The van der Waals surface area contributed by atoms with Gasteiger partial charge in [0.25, 0.3) is 0 Å². The summed E-state index contributed by atoms with van der Waals surface area (Å²) in [7, 11) is 0. The second kappa shape index (κ2) is 58.7. The predicted molar refractivity (Wildman–Crippen MR) is 46.7 cm³/mol. The van der Waals surface area contributed by atoms with Crippen LogP contribution in [0.25, 0.3) is 0 Å². The van der Waals surface area contributed by atoms with Gasteiger partial charge in [0, 0.05) is 0 Å². The molecule has 0 N–H and O–H groups in total. The van der Waals surface area contributed by atoms with E-state index >= 15 is 0 Å². The van der Waals surface area contributed by atoms with Crippen molar-refractivity contribution in [3.8, 4) is 0 Å². The molecule has 0 aromatic rings. The molecule has 0 aliphatic rings. The number of rotatable bonds is 0. The molecule has 0 aromatic heterocycles. The first-order valence-corrected chi connectivity index (χ1v) is 2.83. The first kappa shape index (κ1) is 22.4. The third-order valence-electron chi connectivity index (χ3n) is 0. The summed E-state index contributed by atoms with van der Waals surface area (Å²) in [6.07, 6.45) is 0. The molecular formula is C3H3GaO3S3. The first-order chi connectivity index (χ1) is 4.24. The number of hydrogen-bond donors (Lipinski definition) is 0. The Bertz CT molecular complexity index is 55.7. The average molecular weight is 253 g/mol. The molecule has 0 amide bonds. The molecular weight excluding hydrogens is 250 g/mol. The fraction of sp³-hybridized carbons (Fsp3) is 0. The van der Waals surface area contributed by atoms with Crippen molar-refractivity contribution >= 4 is 73.1 Å². The molecule has 0 bridgehead atoms. The smallest absolute Gasteiger partial charge is 0.870 e. The normalized spacial score (nSPS) is 3.60. The van der Waals surface area contributed by atoms with Crippen LogP contribution in [-0.4, -0.2) is 36.5 Å². The van der Waals surface area contributed by atoms with Gasteiger partial charge in [-0.25, -0.2) is 0 Å². The van der Waals surface area contributed by atoms with Crippen molar-refractivity contribution in [2.45, 2.75) is 0 Å². The van der Waals surface area contributed by atoms with Crippen molar-refractivity contribution in [3.63, 3.8) is 0 Å². The van der Waals surface area contributed by atoms with Gasteiger partial charge in [0.15, 0.2) is 0 Å². The Hall–Kier alpha value is 0.306. The van der Waals surface area contributed by atoms with Crippen molar-refractivity contribution in [2.24, 2.45) is 0 Å². The maximum atomic E-state index is 8.62. The summed E-state index contributed by atoms with van der Waals surface area (Å²) in [5, 5.41) is 25.9. The summed E-state index contributed by atoms with van der Waals surface area (Å²) in [6.45, 7) is 0. The molecule has 0 fully saturated rings. The zero-order chi connectivity index (χ0) is 8.12. The van der Waals surface area contributed by atoms with Gasteiger partial charge in [-0.1, -0.05) is 16.7 Å². The molecule has 3 nitrogen and oxygen atoms in total. The van der Waals surface area contributed by atoms with Crippen LogP contribution in [-0.2, 0) is 0 Å². The Labute approximate surface area is 88.1 Å². The van der Waals surface area contributed by atoms with Crippen LogP contribution in [0.3, 0.4) is 0 Å². The van der Waals surface area contributed by atoms with Crippen molar-refractivity contribution in [1.82, 2.24) is 0 Å². The average Bonchev–Trinajstić information content (AvgIpc) is 1.70. The van der Waals surface area contributed by atoms with E-state index in [4.69, 9.17) is 15.3 Å². The van der Waals surface area contributed by atoms with E-state index in [0.29, 0.717) is 16.7 Å². The summed E-state index contributed by atoms with van der Waals surface area (Å²) in [5.41, 5.74) is 1.00. The van der Waals surface area contributed by atoms with Crippen molar-refractivity contribution in [1.29, 1.82) is 0 Å². The molecule has 0 rings (SSSR count). The summed E-state index contributed by atoms with van der Waals surface area (Å²) in [4.78, 5) is 0. The summed E-state index contributed by atoms with van der Waals surface area (Å²) in [6, 6.07) is 0. The third kappa shape index (κ3) is 4720. The minimum atomic E-state index is 0. The maximum Gasteiger partial charge on any atom is 3.00 e. The zero-order valence-electron chi connectivity index (χ0n) is 4.76. The van der Waals surface area contributed by atoms with E-state index in [2.05, 4.69) is 36.7 Å². The van der Waals surface area contributed by atoms with E-state index in [1.54, 1.807) is 0 Å². The van der Waals surface area contributed by atoms with Crippen LogP contribution in [0, 0.1) is 0 Å². The van der Waals surface area contributed by atoms with E-state index in [1.165, 1.54) is 0 Å². The molecule has 0 radical (unpaired) electrons. The SMILES string of the molecule is [Ga+3].[O-]C=S.[O-]C=S.[O-]C=S. The molecule has 0 spiro atoms. The molecule has 0 aliphatic carbocycles. The van der Waals surface area contributed by atoms with Gasteiger partial charge in [0.2, 0.25) is 0 Å². The molecule has 0 aromatic carbocycles. The maximum absolute atomic E-state index is 8.62.